The largest absolute Gasteiger partial charge is 0.368 e. The fourth-order valence-electron chi connectivity index (χ4n) is 6.00. The summed E-state index contributed by atoms with van der Waals surface area (Å²) in [7, 11) is 1.50. The zero-order valence-corrected chi connectivity index (χ0v) is 21.2. The van der Waals surface area contributed by atoms with Crippen LogP contribution in [0.4, 0.5) is 26.2 Å². The Hall–Kier alpha value is -3.41. The average Bonchev–Trinajstić information content (AvgIpc) is 3.49. The minimum Gasteiger partial charge on any atom is -0.365 e. The highest BCUT2D eigenvalue weighted by Gasteiger charge is 2.43. The summed E-state index contributed by atoms with van der Waals surface area (Å²) in [5.74, 6) is -0.767. The van der Waals surface area contributed by atoms with E-state index in [9.17, 15) is 9.18 Å². The summed E-state index contributed by atoms with van der Waals surface area (Å²) < 4.78 is 32.2. The van der Waals surface area contributed by atoms with Crippen LogP contribution in [0.1, 0.15) is 63.9 Å². The molecule has 0 radical (unpaired) electrons. The highest BCUT2D eigenvalue weighted by Crippen LogP contribution is 2.44. The molecule has 2 unspecified atom stereocenters. The van der Waals surface area contributed by atoms with E-state index < -0.39 is 17.3 Å². The molecule has 2 aliphatic heterocycles. The predicted octanol–water partition coefficient (Wildman–Crippen LogP) is 3.47. The van der Waals surface area contributed by atoms with E-state index in [-0.39, 0.29) is 35.0 Å². The molecule has 6 rings (SSSR count). The molecule has 0 amide bonds. The number of aromatic nitrogens is 6. The van der Waals surface area contributed by atoms with Crippen LogP contribution in [-0.4, -0.2) is 58.8 Å². The molecule has 37 heavy (non-hydrogen) atoms. The standard InChI is InChI=1S/C25H31F2N9O/c1-25(2)12-15(9-16-5-4-8-35(16)25)29-22-19(27)13-28-23(31-22)30-20-11-21(36-24(37)34(3)32-33-36)17(10-18(20)26)14-6-7-14/h10-11,13-16H,4-9,12H2,1-3H3,(H2,28,29,30,31). The van der Waals surface area contributed by atoms with Crippen LogP contribution in [0.25, 0.3) is 5.69 Å². The van der Waals surface area contributed by atoms with Crippen molar-refractivity contribution >= 4 is 17.5 Å². The third kappa shape index (κ3) is 4.47. The molecule has 2 N–H and O–H groups in total. The molecule has 0 spiro atoms. The Morgan fingerprint density at radius 2 is 1.92 bits per heavy atom. The van der Waals surface area contributed by atoms with Crippen molar-refractivity contribution in [3.63, 3.8) is 0 Å². The van der Waals surface area contributed by atoms with Crippen molar-refractivity contribution < 1.29 is 8.78 Å². The molecular weight excluding hydrogens is 480 g/mol. The van der Waals surface area contributed by atoms with Gasteiger partial charge in [0.1, 0.15) is 5.82 Å². The van der Waals surface area contributed by atoms with E-state index in [1.54, 1.807) is 0 Å². The van der Waals surface area contributed by atoms with Crippen molar-refractivity contribution in [2.24, 2.45) is 7.05 Å². The van der Waals surface area contributed by atoms with Gasteiger partial charge in [-0.2, -0.15) is 14.3 Å². The van der Waals surface area contributed by atoms with Crippen LogP contribution in [0, 0.1) is 11.6 Å². The third-order valence-electron chi connectivity index (χ3n) is 7.87. The first-order valence-electron chi connectivity index (χ1n) is 12.9. The van der Waals surface area contributed by atoms with E-state index in [1.807, 2.05) is 0 Å². The second kappa shape index (κ2) is 8.86. The zero-order valence-electron chi connectivity index (χ0n) is 21.2. The van der Waals surface area contributed by atoms with Gasteiger partial charge < -0.3 is 10.6 Å². The van der Waals surface area contributed by atoms with Crippen molar-refractivity contribution in [2.45, 2.75) is 75.9 Å². The van der Waals surface area contributed by atoms with Gasteiger partial charge in [0.15, 0.2) is 11.6 Å². The van der Waals surface area contributed by atoms with Gasteiger partial charge in [-0.3, -0.25) is 4.90 Å². The van der Waals surface area contributed by atoms with E-state index >= 15 is 4.39 Å². The number of tetrazole rings is 1. The molecule has 12 heteroatoms. The number of nitrogens with zero attached hydrogens (tertiary/aromatic N) is 7. The highest BCUT2D eigenvalue weighted by molar-refractivity contribution is 5.62. The Labute approximate surface area is 213 Å². The van der Waals surface area contributed by atoms with E-state index in [4.69, 9.17) is 0 Å². The first-order chi connectivity index (χ1) is 17.7. The Balaban J connectivity index is 1.27. The number of hydrogen-bond donors (Lipinski definition) is 2. The minimum atomic E-state index is -0.562. The number of aryl methyl sites for hydroxylation is 1. The number of nitrogens with one attached hydrogen (secondary N) is 2. The summed E-state index contributed by atoms with van der Waals surface area (Å²) in [6.45, 7) is 5.57. The van der Waals surface area contributed by atoms with Crippen LogP contribution in [-0.2, 0) is 7.05 Å². The van der Waals surface area contributed by atoms with E-state index in [2.05, 4.69) is 49.8 Å². The Kier molecular flexibility index (Phi) is 5.74. The number of hydrogen-bond acceptors (Lipinski definition) is 8. The summed E-state index contributed by atoms with van der Waals surface area (Å²) >= 11 is 0. The summed E-state index contributed by atoms with van der Waals surface area (Å²) in [4.78, 5) is 23.4. The number of fused-ring (bicyclic) bond motifs is 1. The second-order valence-corrected chi connectivity index (χ2v) is 11.1. The molecule has 1 aliphatic carbocycles. The minimum absolute atomic E-state index is 0.0168. The molecule has 1 aromatic carbocycles. The number of anilines is 3. The quantitative estimate of drug-likeness (QED) is 0.518. The molecule has 2 aromatic heterocycles. The molecule has 4 heterocycles. The van der Waals surface area contributed by atoms with Gasteiger partial charge in [0.2, 0.25) is 5.95 Å². The van der Waals surface area contributed by atoms with Gasteiger partial charge in [0.05, 0.1) is 17.6 Å². The lowest BCUT2D eigenvalue weighted by atomic mass is 9.84. The maximum atomic E-state index is 15.1. The Morgan fingerprint density at radius 3 is 2.65 bits per heavy atom. The van der Waals surface area contributed by atoms with Crippen LogP contribution >= 0.6 is 0 Å². The summed E-state index contributed by atoms with van der Waals surface area (Å²) in [6, 6.07) is 3.47. The highest BCUT2D eigenvalue weighted by atomic mass is 19.1. The number of rotatable bonds is 6. The van der Waals surface area contributed by atoms with Gasteiger partial charge >= 0.3 is 5.69 Å². The SMILES string of the molecule is Cn1nnn(-c2cc(Nc3ncc(F)c(NC4CC5CCCN5C(C)(C)C4)n3)c(F)cc2C2CC2)c1=O. The van der Waals surface area contributed by atoms with Crippen LogP contribution in [0.5, 0.6) is 0 Å². The van der Waals surface area contributed by atoms with Crippen LogP contribution in [0.3, 0.4) is 0 Å². The Morgan fingerprint density at radius 1 is 1.11 bits per heavy atom. The molecule has 3 aliphatic rings. The normalized spacial score (nSPS) is 23.2. The number of benzene rings is 1. The molecule has 2 atom stereocenters. The van der Waals surface area contributed by atoms with Crippen LogP contribution in [0.15, 0.2) is 23.1 Å². The molecule has 196 valence electrons. The molecule has 2 saturated heterocycles. The van der Waals surface area contributed by atoms with Crippen molar-refractivity contribution in [3.05, 3.63) is 46.0 Å². The lowest BCUT2D eigenvalue weighted by Crippen LogP contribution is -2.55. The second-order valence-electron chi connectivity index (χ2n) is 11.1. The van der Waals surface area contributed by atoms with Crippen molar-refractivity contribution in [1.29, 1.82) is 0 Å². The van der Waals surface area contributed by atoms with Crippen LogP contribution in [0.2, 0.25) is 0 Å². The molecular formula is C25H31F2N9O. The predicted molar refractivity (Wildman–Crippen MR) is 134 cm³/mol. The molecule has 3 aromatic rings. The lowest BCUT2D eigenvalue weighted by molar-refractivity contribution is 0.0500. The number of halogens is 2. The van der Waals surface area contributed by atoms with Crippen molar-refractivity contribution in [1.82, 2.24) is 34.7 Å². The van der Waals surface area contributed by atoms with Gasteiger partial charge in [0.25, 0.3) is 0 Å². The topological polar surface area (TPSA) is 106 Å². The summed E-state index contributed by atoms with van der Waals surface area (Å²) in [5.41, 5.74) is 0.808. The lowest BCUT2D eigenvalue weighted by Gasteiger charge is -2.47. The molecule has 1 saturated carbocycles. The van der Waals surface area contributed by atoms with Gasteiger partial charge in [-0.25, -0.2) is 18.6 Å². The summed E-state index contributed by atoms with van der Waals surface area (Å²) in [6.07, 6.45) is 7.03. The first kappa shape index (κ1) is 24.0. The number of piperidine rings is 1. The molecule has 0 bridgehead atoms. The smallest absolute Gasteiger partial charge is 0.365 e. The zero-order chi connectivity index (χ0) is 25.9. The monoisotopic (exact) mass is 511 g/mol. The van der Waals surface area contributed by atoms with Gasteiger partial charge in [-0.05, 0) is 93.0 Å². The fraction of sp³-hybridized carbons (Fsp3) is 0.560. The van der Waals surface area contributed by atoms with Gasteiger partial charge in [-0.15, -0.1) is 0 Å². The first-order valence-corrected chi connectivity index (χ1v) is 12.9. The van der Waals surface area contributed by atoms with Gasteiger partial charge in [0, 0.05) is 24.7 Å². The summed E-state index contributed by atoms with van der Waals surface area (Å²) in [5, 5.41) is 13.9. The van der Waals surface area contributed by atoms with E-state index in [0.717, 1.165) is 54.2 Å². The maximum Gasteiger partial charge on any atom is 0.368 e. The van der Waals surface area contributed by atoms with Gasteiger partial charge in [-0.1, -0.05) is 0 Å². The van der Waals surface area contributed by atoms with Crippen molar-refractivity contribution in [3.8, 4) is 5.69 Å². The average molecular weight is 512 g/mol. The molecule has 3 fully saturated rings. The van der Waals surface area contributed by atoms with E-state index in [0.29, 0.717) is 17.3 Å². The maximum absolute atomic E-state index is 15.1. The Bertz CT molecular complexity index is 1400. The van der Waals surface area contributed by atoms with Crippen molar-refractivity contribution in [2.75, 3.05) is 17.2 Å². The van der Waals surface area contributed by atoms with Crippen LogP contribution < -0.4 is 16.3 Å². The van der Waals surface area contributed by atoms with E-state index in [1.165, 1.54) is 25.6 Å². The third-order valence-corrected chi connectivity index (χ3v) is 7.87. The molecule has 10 nitrogen and oxygen atoms in total. The fourth-order valence-corrected chi connectivity index (χ4v) is 6.00.